The molecule has 4 aliphatic rings. The monoisotopic (exact) mass is 534 g/mol. The van der Waals surface area contributed by atoms with Crippen LogP contribution in [0.3, 0.4) is 0 Å². The molecule has 4 N–H and O–H groups in total. The minimum Gasteiger partial charge on any atom is -0.462 e. The summed E-state index contributed by atoms with van der Waals surface area (Å²) in [4.78, 5) is 12.4. The average Bonchev–Trinajstić information content (AvgIpc) is 3.15. The van der Waals surface area contributed by atoms with Crippen molar-refractivity contribution in [3.63, 3.8) is 0 Å². The van der Waals surface area contributed by atoms with Crippen LogP contribution in [0.25, 0.3) is 0 Å². The van der Waals surface area contributed by atoms with E-state index in [1.165, 1.54) is 26.3 Å². The lowest BCUT2D eigenvalue weighted by molar-refractivity contribution is -0.222. The molecule has 0 unspecified atom stereocenters. The largest absolute Gasteiger partial charge is 0.462 e. The Balaban J connectivity index is 1.68. The first kappa shape index (κ1) is 30.0. The molecule has 0 aromatic carbocycles. The second-order valence-corrected chi connectivity index (χ2v) is 15.4. The van der Waals surface area contributed by atoms with Gasteiger partial charge in [-0.05, 0) is 98.7 Å². The van der Waals surface area contributed by atoms with Gasteiger partial charge < -0.3 is 25.2 Å². The van der Waals surface area contributed by atoms with E-state index in [2.05, 4.69) is 47.6 Å². The first-order valence-corrected chi connectivity index (χ1v) is 15.0. The van der Waals surface area contributed by atoms with Gasteiger partial charge in [0, 0.05) is 12.3 Å². The molecule has 38 heavy (non-hydrogen) atoms. The third kappa shape index (κ3) is 4.40. The van der Waals surface area contributed by atoms with Crippen LogP contribution in [-0.2, 0) is 9.53 Å². The number of carbonyl (C=O) groups excluding carboxylic acids is 1. The SMILES string of the molecule is CC(=O)O[C@H]1C[C@H]2C(C)(C)[C@@H](O)CC[C@]2(C)[C@H]2CC[C@@]3(C)C(=CC[C@H]3[C@H](C)C[C@@H](O)[C@@H](O)C(C)(C)O)[C@@]12C. The summed E-state index contributed by atoms with van der Waals surface area (Å²) in [6.45, 7) is 18.3. The third-order valence-electron chi connectivity index (χ3n) is 12.4. The highest BCUT2D eigenvalue weighted by molar-refractivity contribution is 5.66. The Bertz CT molecular complexity index is 950. The Morgan fingerprint density at radius 2 is 1.74 bits per heavy atom. The predicted molar refractivity (Wildman–Crippen MR) is 148 cm³/mol. The van der Waals surface area contributed by atoms with Gasteiger partial charge in [0.1, 0.15) is 12.2 Å². The van der Waals surface area contributed by atoms with E-state index in [4.69, 9.17) is 4.74 Å². The second-order valence-electron chi connectivity index (χ2n) is 15.4. The molecule has 4 rings (SSSR count). The summed E-state index contributed by atoms with van der Waals surface area (Å²) in [5.74, 6) is 0.810. The molecule has 6 heteroatoms. The number of carbonyl (C=O) groups is 1. The molecule has 3 fully saturated rings. The Hall–Kier alpha value is -0.950. The van der Waals surface area contributed by atoms with E-state index in [0.717, 1.165) is 38.5 Å². The zero-order chi connectivity index (χ0) is 28.6. The van der Waals surface area contributed by atoms with Crippen LogP contribution in [-0.4, -0.2) is 56.4 Å². The van der Waals surface area contributed by atoms with E-state index in [9.17, 15) is 25.2 Å². The maximum absolute atomic E-state index is 12.4. The van der Waals surface area contributed by atoms with Crippen molar-refractivity contribution < 1.29 is 30.0 Å². The molecular weight excluding hydrogens is 480 g/mol. The van der Waals surface area contributed by atoms with Crippen LogP contribution >= 0.6 is 0 Å². The first-order chi connectivity index (χ1) is 17.3. The van der Waals surface area contributed by atoms with Crippen LogP contribution in [0.15, 0.2) is 11.6 Å². The Morgan fingerprint density at radius 3 is 2.32 bits per heavy atom. The van der Waals surface area contributed by atoms with Gasteiger partial charge in [-0.25, -0.2) is 0 Å². The number of fused-ring (bicyclic) bond motifs is 5. The summed E-state index contributed by atoms with van der Waals surface area (Å²) in [5.41, 5.74) is -0.526. The topological polar surface area (TPSA) is 107 Å². The van der Waals surface area contributed by atoms with E-state index in [1.54, 1.807) is 0 Å². The lowest BCUT2D eigenvalue weighted by atomic mass is 9.37. The summed E-state index contributed by atoms with van der Waals surface area (Å²) in [6, 6.07) is 0. The van der Waals surface area contributed by atoms with Crippen LogP contribution in [0.2, 0.25) is 0 Å². The minimum absolute atomic E-state index is 0.0486. The van der Waals surface area contributed by atoms with Gasteiger partial charge in [0.2, 0.25) is 0 Å². The Labute approximate surface area is 230 Å². The molecule has 0 radical (unpaired) electrons. The van der Waals surface area contributed by atoms with Crippen molar-refractivity contribution in [1.29, 1.82) is 0 Å². The van der Waals surface area contributed by atoms with Gasteiger partial charge >= 0.3 is 5.97 Å². The first-order valence-electron chi connectivity index (χ1n) is 15.0. The number of hydrogen-bond donors (Lipinski definition) is 4. The fourth-order valence-corrected chi connectivity index (χ4v) is 10.3. The van der Waals surface area contributed by atoms with Gasteiger partial charge in [-0.2, -0.15) is 0 Å². The maximum atomic E-state index is 12.4. The van der Waals surface area contributed by atoms with Gasteiger partial charge in [0.05, 0.1) is 17.8 Å². The zero-order valence-electron chi connectivity index (χ0n) is 25.3. The van der Waals surface area contributed by atoms with Crippen LogP contribution < -0.4 is 0 Å². The molecular formula is C32H54O6. The molecule has 0 aromatic rings. The lowest BCUT2D eigenvalue weighted by Gasteiger charge is -2.68. The smallest absolute Gasteiger partial charge is 0.302 e. The van der Waals surface area contributed by atoms with E-state index in [1.807, 2.05) is 0 Å². The third-order valence-corrected chi connectivity index (χ3v) is 12.4. The fraction of sp³-hybridized carbons (Fsp3) is 0.906. The van der Waals surface area contributed by atoms with Gasteiger partial charge in [-0.3, -0.25) is 4.79 Å². The molecule has 4 aliphatic carbocycles. The average molecular weight is 535 g/mol. The number of allylic oxidation sites excluding steroid dienone is 1. The van der Waals surface area contributed by atoms with Crippen molar-refractivity contribution in [2.45, 2.75) is 137 Å². The summed E-state index contributed by atoms with van der Waals surface area (Å²) >= 11 is 0. The van der Waals surface area contributed by atoms with Gasteiger partial charge in [-0.15, -0.1) is 0 Å². The van der Waals surface area contributed by atoms with Crippen molar-refractivity contribution in [2.75, 3.05) is 0 Å². The number of esters is 1. The molecule has 218 valence electrons. The summed E-state index contributed by atoms with van der Waals surface area (Å²) in [5, 5.41) is 42.5. The normalized spacial score (nSPS) is 44.7. The van der Waals surface area contributed by atoms with Crippen LogP contribution in [0.4, 0.5) is 0 Å². The summed E-state index contributed by atoms with van der Waals surface area (Å²) < 4.78 is 6.21. The quantitative estimate of drug-likeness (QED) is 0.282. The van der Waals surface area contributed by atoms with E-state index in [0.29, 0.717) is 18.3 Å². The number of hydrogen-bond acceptors (Lipinski definition) is 6. The predicted octanol–water partition coefficient (Wildman–Crippen LogP) is 5.01. The number of ether oxygens (including phenoxy) is 1. The van der Waals surface area contributed by atoms with Crippen molar-refractivity contribution in [3.8, 4) is 0 Å². The minimum atomic E-state index is -1.36. The standard InChI is InChI=1S/C32H54O6/c1-18(16-21(34)27(36)29(5,6)37)20-10-11-22-30(20,7)14-12-23-31(8)15-13-25(35)28(3,4)24(31)17-26(32(22,23)9)38-19(2)33/h11,18,20-21,23-27,34-37H,10,12-17H2,1-9H3/t18-,20+,21-,23-,24+,25+,26+,27-,30-,31-,32-/m1/s1. The lowest BCUT2D eigenvalue weighted by Crippen LogP contribution is -2.66. The summed E-state index contributed by atoms with van der Waals surface area (Å²) in [6.07, 6.45) is 5.58. The number of rotatable bonds is 6. The zero-order valence-corrected chi connectivity index (χ0v) is 25.3. The molecule has 0 saturated heterocycles. The Morgan fingerprint density at radius 1 is 1.11 bits per heavy atom. The van der Waals surface area contributed by atoms with E-state index < -0.39 is 17.8 Å². The van der Waals surface area contributed by atoms with Gasteiger partial charge in [0.15, 0.2) is 0 Å². The number of aliphatic hydroxyl groups is 4. The molecule has 0 bridgehead atoms. The molecule has 3 saturated carbocycles. The molecule has 11 atom stereocenters. The molecule has 0 heterocycles. The van der Waals surface area contributed by atoms with Crippen molar-refractivity contribution >= 4 is 5.97 Å². The second kappa shape index (κ2) is 9.56. The highest BCUT2D eigenvalue weighted by atomic mass is 16.5. The maximum Gasteiger partial charge on any atom is 0.302 e. The molecule has 0 amide bonds. The van der Waals surface area contributed by atoms with Crippen LogP contribution in [0, 0.1) is 45.3 Å². The highest BCUT2D eigenvalue weighted by Gasteiger charge is 2.69. The van der Waals surface area contributed by atoms with E-state index >= 15 is 0 Å². The highest BCUT2D eigenvalue weighted by Crippen LogP contribution is 2.73. The van der Waals surface area contributed by atoms with Crippen LogP contribution in [0.1, 0.15) is 107 Å². The molecule has 0 spiro atoms. The molecule has 0 aromatic heterocycles. The van der Waals surface area contributed by atoms with Crippen molar-refractivity contribution in [2.24, 2.45) is 45.3 Å². The van der Waals surface area contributed by atoms with Gasteiger partial charge in [0.25, 0.3) is 0 Å². The Kier molecular flexibility index (Phi) is 7.56. The van der Waals surface area contributed by atoms with E-state index in [-0.39, 0.29) is 51.7 Å². The van der Waals surface area contributed by atoms with Gasteiger partial charge in [-0.1, -0.05) is 53.2 Å². The molecule has 6 nitrogen and oxygen atoms in total. The number of aliphatic hydroxyl groups excluding tert-OH is 3. The summed E-state index contributed by atoms with van der Waals surface area (Å²) in [7, 11) is 0. The van der Waals surface area contributed by atoms with Crippen molar-refractivity contribution in [1.82, 2.24) is 0 Å². The molecule has 0 aliphatic heterocycles. The van der Waals surface area contributed by atoms with Crippen LogP contribution in [0.5, 0.6) is 0 Å². The van der Waals surface area contributed by atoms with Crippen molar-refractivity contribution in [3.05, 3.63) is 11.6 Å². The fourth-order valence-electron chi connectivity index (χ4n) is 10.3.